The molecule has 0 amide bonds. The summed E-state index contributed by atoms with van der Waals surface area (Å²) in [5.41, 5.74) is 6.87. The molecule has 0 saturated carbocycles. The van der Waals surface area contributed by atoms with E-state index in [1.165, 1.54) is 17.5 Å². The molecule has 2 rings (SSSR count). The van der Waals surface area contributed by atoms with E-state index < -0.39 is 10.0 Å². The molecule has 98 valence electrons. The van der Waals surface area contributed by atoms with Crippen molar-refractivity contribution in [1.29, 1.82) is 0 Å². The monoisotopic (exact) mass is 286 g/mol. The summed E-state index contributed by atoms with van der Waals surface area (Å²) in [5.74, 6) is 0. The highest BCUT2D eigenvalue weighted by atomic mass is 32.2. The first-order chi connectivity index (χ1) is 8.54. The average molecular weight is 286 g/mol. The highest BCUT2D eigenvalue weighted by Gasteiger charge is 2.23. The van der Waals surface area contributed by atoms with E-state index in [9.17, 15) is 8.42 Å². The molecule has 0 bridgehead atoms. The molecule has 2 aromatic heterocycles. The molecular formula is C10H14N4O2S2. The van der Waals surface area contributed by atoms with Crippen molar-refractivity contribution in [2.24, 2.45) is 5.73 Å². The maximum absolute atomic E-state index is 12.1. The third-order valence-corrected chi connectivity index (χ3v) is 4.80. The summed E-state index contributed by atoms with van der Waals surface area (Å²) in [6, 6.07) is 1.59. The Morgan fingerprint density at radius 2 is 2.39 bits per heavy atom. The molecule has 2 aromatic rings. The zero-order valence-corrected chi connectivity index (χ0v) is 11.4. The summed E-state index contributed by atoms with van der Waals surface area (Å²) in [6.07, 6.45) is 1.42. The number of sulfonamides is 1. The van der Waals surface area contributed by atoms with E-state index in [0.29, 0.717) is 5.56 Å². The minimum Gasteiger partial charge on any atom is -0.326 e. The molecule has 1 atom stereocenters. The lowest BCUT2D eigenvalue weighted by Gasteiger charge is -2.12. The van der Waals surface area contributed by atoms with Crippen molar-refractivity contribution in [2.45, 2.75) is 24.5 Å². The van der Waals surface area contributed by atoms with Crippen molar-refractivity contribution < 1.29 is 8.42 Å². The van der Waals surface area contributed by atoms with E-state index in [-0.39, 0.29) is 17.6 Å². The Hall–Kier alpha value is -1.22. The Kier molecular flexibility index (Phi) is 3.81. The maximum Gasteiger partial charge on any atom is 0.258 e. The normalized spacial score (nSPS) is 13.7. The number of aromatic nitrogens is 2. The number of H-pyrrole nitrogens is 1. The Morgan fingerprint density at radius 3 is 3.00 bits per heavy atom. The van der Waals surface area contributed by atoms with Gasteiger partial charge in [-0.05, 0) is 29.3 Å². The molecule has 8 heteroatoms. The van der Waals surface area contributed by atoms with Crippen molar-refractivity contribution in [1.82, 2.24) is 14.9 Å². The molecule has 0 spiro atoms. The Bertz CT molecular complexity index is 604. The molecule has 0 fully saturated rings. The van der Waals surface area contributed by atoms with E-state index in [4.69, 9.17) is 5.73 Å². The summed E-state index contributed by atoms with van der Waals surface area (Å²) >= 11 is 1.52. The van der Waals surface area contributed by atoms with Crippen LogP contribution in [0.1, 0.15) is 24.1 Å². The number of hydrogen-bond donors (Lipinski definition) is 3. The van der Waals surface area contributed by atoms with Crippen LogP contribution in [0.5, 0.6) is 0 Å². The van der Waals surface area contributed by atoms with Crippen LogP contribution in [0.25, 0.3) is 0 Å². The molecule has 18 heavy (non-hydrogen) atoms. The number of rotatable bonds is 5. The lowest BCUT2D eigenvalue weighted by molar-refractivity contribution is 0.561. The number of thiophene rings is 1. The third kappa shape index (κ3) is 2.61. The van der Waals surface area contributed by atoms with Gasteiger partial charge in [0.2, 0.25) is 0 Å². The van der Waals surface area contributed by atoms with Gasteiger partial charge >= 0.3 is 0 Å². The van der Waals surface area contributed by atoms with Crippen LogP contribution in [-0.4, -0.2) is 18.6 Å². The SMILES string of the molecule is CC(NS(=O)(=O)c1[nH]ncc1CN)c1ccsc1. The van der Waals surface area contributed by atoms with Gasteiger partial charge < -0.3 is 5.73 Å². The summed E-state index contributed by atoms with van der Waals surface area (Å²) in [7, 11) is -3.63. The molecule has 0 radical (unpaired) electrons. The highest BCUT2D eigenvalue weighted by Crippen LogP contribution is 2.19. The molecular weight excluding hydrogens is 272 g/mol. The van der Waals surface area contributed by atoms with Crippen LogP contribution < -0.4 is 10.5 Å². The fourth-order valence-corrected chi connectivity index (χ4v) is 3.69. The van der Waals surface area contributed by atoms with Crippen molar-refractivity contribution >= 4 is 21.4 Å². The molecule has 6 nitrogen and oxygen atoms in total. The molecule has 0 aliphatic heterocycles. The van der Waals surface area contributed by atoms with Gasteiger partial charge in [0.15, 0.2) is 5.03 Å². The van der Waals surface area contributed by atoms with Gasteiger partial charge in [0, 0.05) is 18.2 Å². The van der Waals surface area contributed by atoms with Gasteiger partial charge in [0.1, 0.15) is 0 Å². The standard InChI is InChI=1S/C10H14N4O2S2/c1-7(8-2-3-17-6-8)14-18(15,16)10-9(4-11)5-12-13-10/h2-3,5-7,14H,4,11H2,1H3,(H,12,13). The first-order valence-corrected chi connectivity index (χ1v) is 7.74. The second-order valence-corrected chi connectivity index (χ2v) is 6.26. The molecule has 0 aliphatic carbocycles. The highest BCUT2D eigenvalue weighted by molar-refractivity contribution is 7.89. The minimum absolute atomic E-state index is 0.0343. The maximum atomic E-state index is 12.1. The predicted octanol–water partition coefficient (Wildman–Crippen LogP) is 0.969. The van der Waals surface area contributed by atoms with Crippen molar-refractivity contribution in [2.75, 3.05) is 0 Å². The van der Waals surface area contributed by atoms with Crippen LogP contribution in [-0.2, 0) is 16.6 Å². The summed E-state index contributed by atoms with van der Waals surface area (Å²) < 4.78 is 26.9. The number of nitrogens with zero attached hydrogens (tertiary/aromatic N) is 1. The lowest BCUT2D eigenvalue weighted by atomic mass is 10.2. The molecule has 4 N–H and O–H groups in total. The fraction of sp³-hybridized carbons (Fsp3) is 0.300. The quantitative estimate of drug-likeness (QED) is 0.762. The van der Waals surface area contributed by atoms with E-state index in [0.717, 1.165) is 5.56 Å². The van der Waals surface area contributed by atoms with E-state index >= 15 is 0 Å². The van der Waals surface area contributed by atoms with Gasteiger partial charge in [0.05, 0.1) is 6.20 Å². The van der Waals surface area contributed by atoms with Gasteiger partial charge in [-0.15, -0.1) is 0 Å². The van der Waals surface area contributed by atoms with Crippen molar-refractivity contribution in [3.8, 4) is 0 Å². The number of nitrogens with one attached hydrogen (secondary N) is 2. The molecule has 0 saturated heterocycles. The second-order valence-electron chi connectivity index (χ2n) is 3.83. The lowest BCUT2D eigenvalue weighted by Crippen LogP contribution is -2.28. The molecule has 0 aliphatic rings. The molecule has 1 unspecified atom stereocenters. The first-order valence-electron chi connectivity index (χ1n) is 5.31. The van der Waals surface area contributed by atoms with Crippen LogP contribution in [0, 0.1) is 0 Å². The Balaban J connectivity index is 2.23. The second kappa shape index (κ2) is 5.19. The summed E-state index contributed by atoms with van der Waals surface area (Å²) in [4.78, 5) is 0. The Morgan fingerprint density at radius 1 is 1.61 bits per heavy atom. The van der Waals surface area contributed by atoms with Gasteiger partial charge in [-0.25, -0.2) is 13.1 Å². The van der Waals surface area contributed by atoms with E-state index in [1.54, 1.807) is 6.92 Å². The predicted molar refractivity (Wildman–Crippen MR) is 69.5 cm³/mol. The zero-order valence-electron chi connectivity index (χ0n) is 9.75. The van der Waals surface area contributed by atoms with Crippen molar-refractivity contribution in [3.63, 3.8) is 0 Å². The smallest absolute Gasteiger partial charge is 0.258 e. The van der Waals surface area contributed by atoms with Gasteiger partial charge in [-0.1, -0.05) is 0 Å². The topological polar surface area (TPSA) is 101 Å². The van der Waals surface area contributed by atoms with Crippen LogP contribution >= 0.6 is 11.3 Å². The average Bonchev–Trinajstić information content (AvgIpc) is 2.99. The van der Waals surface area contributed by atoms with Crippen LogP contribution in [0.4, 0.5) is 0 Å². The summed E-state index contributed by atoms with van der Waals surface area (Å²) in [5, 5.41) is 10.0. The number of aromatic amines is 1. The third-order valence-electron chi connectivity index (χ3n) is 2.54. The van der Waals surface area contributed by atoms with E-state index in [2.05, 4.69) is 14.9 Å². The fourth-order valence-electron chi connectivity index (χ4n) is 1.56. The van der Waals surface area contributed by atoms with Crippen LogP contribution in [0.15, 0.2) is 28.0 Å². The largest absolute Gasteiger partial charge is 0.326 e. The van der Waals surface area contributed by atoms with Crippen molar-refractivity contribution in [3.05, 3.63) is 34.2 Å². The van der Waals surface area contributed by atoms with Gasteiger partial charge in [-0.2, -0.15) is 16.4 Å². The Labute approximate surface area is 109 Å². The van der Waals surface area contributed by atoms with Gasteiger partial charge in [0.25, 0.3) is 10.0 Å². The number of nitrogens with two attached hydrogens (primary N) is 1. The first kappa shape index (κ1) is 13.2. The summed E-state index contributed by atoms with van der Waals surface area (Å²) in [6.45, 7) is 1.91. The molecule has 2 heterocycles. The minimum atomic E-state index is -3.63. The van der Waals surface area contributed by atoms with Crippen LogP contribution in [0.3, 0.4) is 0 Å². The molecule has 0 aromatic carbocycles. The van der Waals surface area contributed by atoms with E-state index in [1.807, 2.05) is 16.8 Å². The zero-order chi connectivity index (χ0) is 13.2. The van der Waals surface area contributed by atoms with Crippen LogP contribution in [0.2, 0.25) is 0 Å². The van der Waals surface area contributed by atoms with Gasteiger partial charge in [-0.3, -0.25) is 5.10 Å². The number of hydrogen-bond acceptors (Lipinski definition) is 5.